The minimum Gasteiger partial charge on any atom is -0.379 e. The highest BCUT2D eigenvalue weighted by Crippen LogP contribution is 2.30. The average molecular weight is 363 g/mol. The first-order valence-electron chi connectivity index (χ1n) is 9.23. The summed E-state index contributed by atoms with van der Waals surface area (Å²) < 4.78 is 19.3. The second-order valence-electron chi connectivity index (χ2n) is 6.68. The van der Waals surface area contributed by atoms with Crippen molar-refractivity contribution < 1.29 is 9.13 Å². The third kappa shape index (κ3) is 4.21. The van der Waals surface area contributed by atoms with Crippen molar-refractivity contribution in [2.45, 2.75) is 12.5 Å². The van der Waals surface area contributed by atoms with Crippen LogP contribution in [0.15, 0.2) is 67.1 Å². The van der Waals surface area contributed by atoms with Gasteiger partial charge in [-0.05, 0) is 41.8 Å². The molecule has 1 atom stereocenters. The van der Waals surface area contributed by atoms with E-state index < -0.39 is 0 Å². The zero-order valence-corrected chi connectivity index (χ0v) is 15.1. The monoisotopic (exact) mass is 363 g/mol. The molecular weight excluding hydrogens is 341 g/mol. The molecule has 5 heteroatoms. The van der Waals surface area contributed by atoms with Gasteiger partial charge in [-0.3, -0.25) is 14.9 Å². The Morgan fingerprint density at radius 3 is 2.67 bits per heavy atom. The molecule has 0 aliphatic carbocycles. The third-order valence-corrected chi connectivity index (χ3v) is 4.96. The van der Waals surface area contributed by atoms with Gasteiger partial charge >= 0.3 is 0 Å². The van der Waals surface area contributed by atoms with Crippen LogP contribution in [0.5, 0.6) is 0 Å². The molecule has 2 aromatic heterocycles. The summed E-state index contributed by atoms with van der Waals surface area (Å²) in [6.45, 7) is 3.24. The largest absolute Gasteiger partial charge is 0.379 e. The van der Waals surface area contributed by atoms with Crippen LogP contribution < -0.4 is 0 Å². The van der Waals surface area contributed by atoms with Crippen molar-refractivity contribution in [1.29, 1.82) is 0 Å². The number of nitrogens with zero attached hydrogens (tertiary/aromatic N) is 3. The zero-order chi connectivity index (χ0) is 18.5. The van der Waals surface area contributed by atoms with Crippen LogP contribution in [0, 0.1) is 5.82 Å². The van der Waals surface area contributed by atoms with E-state index in [2.05, 4.69) is 27.0 Å². The fraction of sp³-hybridized carbons (Fsp3) is 0.273. The molecule has 0 N–H and O–H groups in total. The van der Waals surface area contributed by atoms with Gasteiger partial charge in [0, 0.05) is 43.3 Å². The van der Waals surface area contributed by atoms with E-state index in [0.29, 0.717) is 0 Å². The van der Waals surface area contributed by atoms with E-state index in [4.69, 9.17) is 4.74 Å². The van der Waals surface area contributed by atoms with E-state index in [1.165, 1.54) is 11.6 Å². The van der Waals surface area contributed by atoms with Gasteiger partial charge in [-0.25, -0.2) is 4.39 Å². The molecule has 1 unspecified atom stereocenters. The van der Waals surface area contributed by atoms with Crippen molar-refractivity contribution in [2.75, 3.05) is 26.3 Å². The first-order valence-corrected chi connectivity index (χ1v) is 9.23. The quantitative estimate of drug-likeness (QED) is 0.689. The summed E-state index contributed by atoms with van der Waals surface area (Å²) in [7, 11) is 0. The van der Waals surface area contributed by atoms with Gasteiger partial charge in [0.15, 0.2) is 0 Å². The zero-order valence-electron chi connectivity index (χ0n) is 15.1. The van der Waals surface area contributed by atoms with Gasteiger partial charge < -0.3 is 4.74 Å². The fourth-order valence-corrected chi connectivity index (χ4v) is 3.63. The van der Waals surface area contributed by atoms with Crippen molar-refractivity contribution >= 4 is 0 Å². The number of hydrogen-bond acceptors (Lipinski definition) is 4. The smallest absolute Gasteiger partial charge is 0.123 e. The van der Waals surface area contributed by atoms with Crippen LogP contribution in [0.25, 0.3) is 11.3 Å². The van der Waals surface area contributed by atoms with Gasteiger partial charge in [0.1, 0.15) is 5.82 Å². The van der Waals surface area contributed by atoms with E-state index in [0.717, 1.165) is 49.5 Å². The Balaban J connectivity index is 1.69. The van der Waals surface area contributed by atoms with Gasteiger partial charge in [-0.15, -0.1) is 0 Å². The van der Waals surface area contributed by atoms with Crippen molar-refractivity contribution in [3.63, 3.8) is 0 Å². The van der Waals surface area contributed by atoms with Gasteiger partial charge in [0.05, 0.1) is 18.9 Å². The molecule has 4 nitrogen and oxygen atoms in total. The number of aromatic nitrogens is 2. The van der Waals surface area contributed by atoms with Crippen molar-refractivity contribution in [3.05, 3.63) is 84.1 Å². The number of morpholine rings is 1. The molecule has 0 spiro atoms. The van der Waals surface area contributed by atoms with Crippen LogP contribution >= 0.6 is 0 Å². The lowest BCUT2D eigenvalue weighted by Crippen LogP contribution is -2.40. The van der Waals surface area contributed by atoms with Crippen LogP contribution in [0.2, 0.25) is 0 Å². The van der Waals surface area contributed by atoms with E-state index >= 15 is 0 Å². The first kappa shape index (κ1) is 17.8. The molecule has 1 saturated heterocycles. The molecular formula is C22H22FN3O. The molecule has 1 aromatic carbocycles. The predicted molar refractivity (Wildman–Crippen MR) is 103 cm³/mol. The highest BCUT2D eigenvalue weighted by Gasteiger charge is 2.24. The summed E-state index contributed by atoms with van der Waals surface area (Å²) in [4.78, 5) is 11.3. The van der Waals surface area contributed by atoms with Gasteiger partial charge in [0.25, 0.3) is 0 Å². The molecule has 0 amide bonds. The summed E-state index contributed by atoms with van der Waals surface area (Å²) in [5, 5.41) is 0. The molecule has 3 heterocycles. The summed E-state index contributed by atoms with van der Waals surface area (Å²) in [6.07, 6.45) is 6.27. The lowest BCUT2D eigenvalue weighted by atomic mass is 9.95. The highest BCUT2D eigenvalue weighted by atomic mass is 19.1. The Kier molecular flexibility index (Phi) is 5.51. The number of pyridine rings is 2. The second-order valence-corrected chi connectivity index (χ2v) is 6.68. The van der Waals surface area contributed by atoms with Crippen LogP contribution in [-0.2, 0) is 11.2 Å². The van der Waals surface area contributed by atoms with Crippen molar-refractivity contribution in [1.82, 2.24) is 14.9 Å². The number of hydrogen-bond donors (Lipinski definition) is 0. The summed E-state index contributed by atoms with van der Waals surface area (Å²) >= 11 is 0. The number of rotatable bonds is 5. The van der Waals surface area contributed by atoms with Crippen molar-refractivity contribution in [2.24, 2.45) is 0 Å². The van der Waals surface area contributed by atoms with Crippen LogP contribution in [0.3, 0.4) is 0 Å². The molecule has 1 aliphatic rings. The third-order valence-electron chi connectivity index (χ3n) is 4.96. The highest BCUT2D eigenvalue weighted by molar-refractivity contribution is 5.63. The molecule has 3 aromatic rings. The molecule has 0 radical (unpaired) electrons. The van der Waals surface area contributed by atoms with Crippen molar-refractivity contribution in [3.8, 4) is 11.3 Å². The standard InChI is InChI=1S/C22H22FN3O/c23-20-7-1-4-17(14-20)22-18(5-3-9-25-22)15-21(19-6-2-8-24-16-19)26-10-12-27-13-11-26/h1-9,14,16,21H,10-13,15H2. The van der Waals surface area contributed by atoms with Crippen LogP contribution in [0.4, 0.5) is 4.39 Å². The van der Waals surface area contributed by atoms with E-state index in [1.54, 1.807) is 24.5 Å². The van der Waals surface area contributed by atoms with E-state index in [9.17, 15) is 4.39 Å². The second kappa shape index (κ2) is 8.37. The van der Waals surface area contributed by atoms with Crippen LogP contribution in [-0.4, -0.2) is 41.2 Å². The molecule has 27 heavy (non-hydrogen) atoms. The Morgan fingerprint density at radius 2 is 1.89 bits per heavy atom. The number of ether oxygens (including phenoxy) is 1. The molecule has 0 saturated carbocycles. The maximum Gasteiger partial charge on any atom is 0.123 e. The lowest BCUT2D eigenvalue weighted by Gasteiger charge is -2.35. The first-order chi connectivity index (χ1) is 13.3. The maximum atomic E-state index is 13.7. The SMILES string of the molecule is Fc1cccc(-c2ncccc2CC(c2cccnc2)N2CCOCC2)c1. The van der Waals surface area contributed by atoms with Crippen LogP contribution in [0.1, 0.15) is 17.2 Å². The Labute approximate surface area is 158 Å². The number of halogens is 1. The topological polar surface area (TPSA) is 38.2 Å². The minimum absolute atomic E-state index is 0.180. The van der Waals surface area contributed by atoms with Gasteiger partial charge in [-0.1, -0.05) is 24.3 Å². The lowest BCUT2D eigenvalue weighted by molar-refractivity contribution is 0.0160. The van der Waals surface area contributed by atoms with Gasteiger partial charge in [0.2, 0.25) is 0 Å². The van der Waals surface area contributed by atoms with Gasteiger partial charge in [-0.2, -0.15) is 0 Å². The molecule has 138 valence electrons. The average Bonchev–Trinajstić information content (AvgIpc) is 2.73. The summed E-state index contributed by atoms with van der Waals surface area (Å²) in [5.41, 5.74) is 3.91. The molecule has 0 bridgehead atoms. The molecule has 1 fully saturated rings. The number of benzene rings is 1. The Bertz CT molecular complexity index is 881. The molecule has 4 rings (SSSR count). The molecule has 1 aliphatic heterocycles. The summed E-state index contributed by atoms with van der Waals surface area (Å²) in [5.74, 6) is -0.249. The van der Waals surface area contributed by atoms with E-state index in [1.807, 2.05) is 24.4 Å². The predicted octanol–water partition coefficient (Wildman–Crippen LogP) is 3.90. The fourth-order valence-electron chi connectivity index (χ4n) is 3.63. The maximum absolute atomic E-state index is 13.7. The summed E-state index contributed by atoms with van der Waals surface area (Å²) in [6, 6.07) is 14.9. The van der Waals surface area contributed by atoms with E-state index in [-0.39, 0.29) is 11.9 Å². The normalized spacial score (nSPS) is 16.2. The Hall–Kier alpha value is -2.63. The Morgan fingerprint density at radius 1 is 1.04 bits per heavy atom. The minimum atomic E-state index is -0.249.